The van der Waals surface area contributed by atoms with Crippen LogP contribution in [0.3, 0.4) is 0 Å². The first-order valence-electron chi connectivity index (χ1n) is 10.3. The lowest BCUT2D eigenvalue weighted by molar-refractivity contribution is -0.113. The van der Waals surface area contributed by atoms with Crippen molar-refractivity contribution in [3.8, 4) is 0 Å². The summed E-state index contributed by atoms with van der Waals surface area (Å²) < 4.78 is 2.89. The molecule has 1 atom stereocenters. The van der Waals surface area contributed by atoms with Gasteiger partial charge in [-0.05, 0) is 63.1 Å². The predicted octanol–water partition coefficient (Wildman–Crippen LogP) is 4.90. The van der Waals surface area contributed by atoms with Crippen LogP contribution < -0.4 is 10.6 Å². The van der Waals surface area contributed by atoms with Crippen LogP contribution in [0.4, 0.5) is 5.69 Å². The van der Waals surface area contributed by atoms with Gasteiger partial charge in [-0.3, -0.25) is 9.59 Å². The highest BCUT2D eigenvalue weighted by Crippen LogP contribution is 2.23. The van der Waals surface area contributed by atoms with Crippen LogP contribution in [0.15, 0.2) is 52.1 Å². The number of nitrogens with one attached hydrogen (secondary N) is 2. The van der Waals surface area contributed by atoms with E-state index in [1.165, 1.54) is 11.8 Å². The monoisotopic (exact) mass is 515 g/mol. The molecule has 168 valence electrons. The van der Waals surface area contributed by atoms with Gasteiger partial charge in [0.25, 0.3) is 5.91 Å². The van der Waals surface area contributed by atoms with Gasteiger partial charge in [0, 0.05) is 22.3 Å². The number of amides is 2. The molecule has 2 aromatic carbocycles. The summed E-state index contributed by atoms with van der Waals surface area (Å²) in [5.41, 5.74) is 3.31. The number of aromatic nitrogens is 3. The van der Waals surface area contributed by atoms with E-state index in [1.807, 2.05) is 68.7 Å². The van der Waals surface area contributed by atoms with Crippen LogP contribution in [-0.2, 0) is 11.3 Å². The molecule has 9 heteroatoms. The van der Waals surface area contributed by atoms with E-state index in [9.17, 15) is 9.59 Å². The fraction of sp³-hybridized carbons (Fsp3) is 0.304. The Morgan fingerprint density at radius 2 is 1.88 bits per heavy atom. The third kappa shape index (κ3) is 5.77. The van der Waals surface area contributed by atoms with Crippen molar-refractivity contribution in [1.29, 1.82) is 0 Å². The standard InChI is InChI=1S/C23H26BrN5O2S/c1-5-29-21(16(4)25-22(31)18-9-7-6-8-14(18)2)27-28-23(29)32-13-20(30)26-19-11-10-17(24)12-15(19)3/h6-12,16H,5,13H2,1-4H3,(H,25,31)(H,26,30)/t16-/m0/s1. The number of anilines is 1. The van der Waals surface area contributed by atoms with Crippen LogP contribution in [0.25, 0.3) is 0 Å². The Hall–Kier alpha value is -2.65. The van der Waals surface area contributed by atoms with Crippen LogP contribution in [0.5, 0.6) is 0 Å². The lowest BCUT2D eigenvalue weighted by Crippen LogP contribution is -2.29. The minimum atomic E-state index is -0.330. The molecule has 2 N–H and O–H groups in total. The molecule has 0 saturated carbocycles. The van der Waals surface area contributed by atoms with Gasteiger partial charge in [-0.15, -0.1) is 10.2 Å². The quantitative estimate of drug-likeness (QED) is 0.416. The average molecular weight is 516 g/mol. The number of hydrogen-bond donors (Lipinski definition) is 2. The molecule has 0 aliphatic heterocycles. The van der Waals surface area contributed by atoms with Crippen molar-refractivity contribution in [2.45, 2.75) is 45.4 Å². The molecule has 3 rings (SSSR count). The molecule has 3 aromatic rings. The van der Waals surface area contributed by atoms with Crippen LogP contribution in [0.2, 0.25) is 0 Å². The number of rotatable bonds is 8. The zero-order valence-corrected chi connectivity index (χ0v) is 20.9. The predicted molar refractivity (Wildman–Crippen MR) is 131 cm³/mol. The first kappa shape index (κ1) is 24.0. The van der Waals surface area contributed by atoms with Crippen LogP contribution >= 0.6 is 27.7 Å². The Morgan fingerprint density at radius 3 is 2.56 bits per heavy atom. The summed E-state index contributed by atoms with van der Waals surface area (Å²) in [6.45, 7) is 8.34. The summed E-state index contributed by atoms with van der Waals surface area (Å²) in [5.74, 6) is 0.590. The highest BCUT2D eigenvalue weighted by Gasteiger charge is 2.20. The number of thioether (sulfide) groups is 1. The Kier molecular flexibility index (Phi) is 8.09. The van der Waals surface area contributed by atoms with Crippen molar-refractivity contribution in [2.24, 2.45) is 0 Å². The van der Waals surface area contributed by atoms with Crippen molar-refractivity contribution in [1.82, 2.24) is 20.1 Å². The minimum absolute atomic E-state index is 0.117. The molecule has 0 bridgehead atoms. The maximum atomic E-state index is 12.7. The van der Waals surface area contributed by atoms with Gasteiger partial charge < -0.3 is 15.2 Å². The van der Waals surface area contributed by atoms with Crippen molar-refractivity contribution in [2.75, 3.05) is 11.1 Å². The summed E-state index contributed by atoms with van der Waals surface area (Å²) in [5, 5.41) is 15.1. The molecule has 0 fully saturated rings. The SMILES string of the molecule is CCn1c(SCC(=O)Nc2ccc(Br)cc2C)nnc1[C@H](C)NC(=O)c1ccccc1C. The second-order valence-corrected chi connectivity index (χ2v) is 9.25. The number of aryl methyl sites for hydroxylation is 2. The van der Waals surface area contributed by atoms with Crippen molar-refractivity contribution >= 4 is 45.2 Å². The Bertz CT molecular complexity index is 1130. The lowest BCUT2D eigenvalue weighted by Gasteiger charge is -2.16. The third-order valence-electron chi connectivity index (χ3n) is 4.98. The maximum Gasteiger partial charge on any atom is 0.252 e. The zero-order valence-electron chi connectivity index (χ0n) is 18.5. The Labute approximate surface area is 200 Å². The number of carbonyl (C=O) groups excluding carboxylic acids is 2. The summed E-state index contributed by atoms with van der Waals surface area (Å²) in [6, 6.07) is 12.8. The van der Waals surface area contributed by atoms with Gasteiger partial charge in [0.1, 0.15) is 0 Å². The van der Waals surface area contributed by atoms with Crippen molar-refractivity contribution < 1.29 is 9.59 Å². The topological polar surface area (TPSA) is 88.9 Å². The molecular formula is C23H26BrN5O2S. The van der Waals surface area contributed by atoms with E-state index in [-0.39, 0.29) is 23.6 Å². The third-order valence-corrected chi connectivity index (χ3v) is 6.44. The first-order chi connectivity index (χ1) is 15.3. The number of hydrogen-bond acceptors (Lipinski definition) is 5. The van der Waals surface area contributed by atoms with E-state index in [0.717, 1.165) is 21.3 Å². The molecule has 1 aromatic heterocycles. The summed E-state index contributed by atoms with van der Waals surface area (Å²) in [7, 11) is 0. The molecule has 0 radical (unpaired) electrons. The molecule has 0 aliphatic rings. The smallest absolute Gasteiger partial charge is 0.252 e. The van der Waals surface area contributed by atoms with Crippen molar-refractivity contribution in [3.63, 3.8) is 0 Å². The second-order valence-electron chi connectivity index (χ2n) is 7.39. The van der Waals surface area contributed by atoms with Gasteiger partial charge in [0.15, 0.2) is 11.0 Å². The molecule has 0 spiro atoms. The zero-order chi connectivity index (χ0) is 23.3. The lowest BCUT2D eigenvalue weighted by atomic mass is 10.1. The summed E-state index contributed by atoms with van der Waals surface area (Å²) in [6.07, 6.45) is 0. The average Bonchev–Trinajstić information content (AvgIpc) is 3.17. The highest BCUT2D eigenvalue weighted by atomic mass is 79.9. The molecule has 7 nitrogen and oxygen atoms in total. The number of benzene rings is 2. The fourth-order valence-electron chi connectivity index (χ4n) is 3.27. The summed E-state index contributed by atoms with van der Waals surface area (Å²) in [4.78, 5) is 25.1. The van der Waals surface area contributed by atoms with Gasteiger partial charge in [-0.1, -0.05) is 45.9 Å². The molecule has 0 aliphatic carbocycles. The molecule has 32 heavy (non-hydrogen) atoms. The van der Waals surface area contributed by atoms with Gasteiger partial charge in [0.2, 0.25) is 5.91 Å². The Balaban J connectivity index is 1.64. The normalized spacial score (nSPS) is 11.8. The van der Waals surface area contributed by atoms with Gasteiger partial charge in [-0.2, -0.15) is 0 Å². The van der Waals surface area contributed by atoms with E-state index in [1.54, 1.807) is 6.07 Å². The molecule has 0 unspecified atom stereocenters. The maximum absolute atomic E-state index is 12.7. The van der Waals surface area contributed by atoms with E-state index in [4.69, 9.17) is 0 Å². The number of nitrogens with zero attached hydrogens (tertiary/aromatic N) is 3. The molecule has 2 amide bonds. The van der Waals surface area contributed by atoms with Crippen LogP contribution in [0, 0.1) is 13.8 Å². The number of carbonyl (C=O) groups is 2. The van der Waals surface area contributed by atoms with E-state index in [0.29, 0.717) is 23.1 Å². The first-order valence-corrected chi connectivity index (χ1v) is 12.1. The minimum Gasteiger partial charge on any atom is -0.342 e. The van der Waals surface area contributed by atoms with E-state index < -0.39 is 0 Å². The van der Waals surface area contributed by atoms with Gasteiger partial charge in [-0.25, -0.2) is 0 Å². The molecular weight excluding hydrogens is 490 g/mol. The number of halogens is 1. The molecule has 0 saturated heterocycles. The van der Waals surface area contributed by atoms with Crippen molar-refractivity contribution in [3.05, 3.63) is 69.5 Å². The fourth-order valence-corrected chi connectivity index (χ4v) is 4.56. The van der Waals surface area contributed by atoms with Gasteiger partial charge >= 0.3 is 0 Å². The van der Waals surface area contributed by atoms with Crippen LogP contribution in [-0.4, -0.2) is 32.3 Å². The van der Waals surface area contributed by atoms with E-state index >= 15 is 0 Å². The summed E-state index contributed by atoms with van der Waals surface area (Å²) >= 11 is 4.74. The van der Waals surface area contributed by atoms with Gasteiger partial charge in [0.05, 0.1) is 11.8 Å². The largest absolute Gasteiger partial charge is 0.342 e. The van der Waals surface area contributed by atoms with Crippen LogP contribution in [0.1, 0.15) is 47.2 Å². The second kappa shape index (κ2) is 10.8. The highest BCUT2D eigenvalue weighted by molar-refractivity contribution is 9.10. The van der Waals surface area contributed by atoms with E-state index in [2.05, 4.69) is 36.8 Å². The molecule has 1 heterocycles. The Morgan fingerprint density at radius 1 is 1.12 bits per heavy atom.